The molecule has 3 atom stereocenters. The minimum absolute atomic E-state index is 0.154. The van der Waals surface area contributed by atoms with Gasteiger partial charge in [0, 0.05) is 32.0 Å². The van der Waals surface area contributed by atoms with E-state index < -0.39 is 12.3 Å². The van der Waals surface area contributed by atoms with Crippen LogP contribution in [0.1, 0.15) is 19.0 Å². The first kappa shape index (κ1) is 20.3. The van der Waals surface area contributed by atoms with Gasteiger partial charge < -0.3 is 15.0 Å². The average molecular weight is 453 g/mol. The van der Waals surface area contributed by atoms with Crippen molar-refractivity contribution in [3.63, 3.8) is 0 Å². The van der Waals surface area contributed by atoms with Crippen molar-refractivity contribution >= 4 is 28.1 Å². The number of ether oxygens (including phenoxy) is 1. The maximum absolute atomic E-state index is 12.8. The standard InChI is InChI=1S/C19H22F3N7OS/c1-10-5-15(31-27-10)28-8-12-6-13(9-28)14(12)7-24-18-25-16-17(23-3-4-29(16)26-18)30-11(2)19(20,21)22/h3-5,11-14H,6-9H2,1-2H3,(H,24,26)/t11-,12?,13?,14?/m0/s1. The summed E-state index contributed by atoms with van der Waals surface area (Å²) in [4.78, 5) is 10.6. The molecule has 3 aromatic rings. The van der Waals surface area contributed by atoms with E-state index in [0.29, 0.717) is 23.7 Å². The van der Waals surface area contributed by atoms with Gasteiger partial charge in [-0.3, -0.25) is 0 Å². The van der Waals surface area contributed by atoms with Crippen molar-refractivity contribution < 1.29 is 17.9 Å². The van der Waals surface area contributed by atoms with Crippen molar-refractivity contribution in [3.8, 4) is 5.88 Å². The largest absolute Gasteiger partial charge is 0.462 e. The monoisotopic (exact) mass is 453 g/mol. The Hall–Kier alpha value is -2.63. The number of halogens is 3. The van der Waals surface area contributed by atoms with Crippen molar-refractivity contribution in [2.45, 2.75) is 32.5 Å². The molecule has 166 valence electrons. The predicted molar refractivity (Wildman–Crippen MR) is 110 cm³/mol. The van der Waals surface area contributed by atoms with Gasteiger partial charge >= 0.3 is 6.18 Å². The van der Waals surface area contributed by atoms with Gasteiger partial charge in [0.25, 0.3) is 5.88 Å². The number of hydrogen-bond donors (Lipinski definition) is 1. The Bertz CT molecular complexity index is 1070. The van der Waals surface area contributed by atoms with Crippen LogP contribution in [0, 0.1) is 24.7 Å². The Kier molecular flexibility index (Phi) is 4.91. The Morgan fingerprint density at radius 3 is 2.77 bits per heavy atom. The van der Waals surface area contributed by atoms with Crippen LogP contribution in [-0.2, 0) is 0 Å². The van der Waals surface area contributed by atoms with Crippen LogP contribution in [0.4, 0.5) is 24.1 Å². The molecule has 2 aliphatic heterocycles. The Morgan fingerprint density at radius 2 is 2.10 bits per heavy atom. The summed E-state index contributed by atoms with van der Waals surface area (Å²) in [5.74, 6) is 1.88. The molecule has 0 aromatic carbocycles. The Morgan fingerprint density at radius 1 is 1.32 bits per heavy atom. The van der Waals surface area contributed by atoms with E-state index in [0.717, 1.165) is 32.3 Å². The molecule has 2 bridgehead atoms. The van der Waals surface area contributed by atoms with Crippen LogP contribution in [0.5, 0.6) is 5.88 Å². The second kappa shape index (κ2) is 7.50. The molecule has 3 fully saturated rings. The number of alkyl halides is 3. The van der Waals surface area contributed by atoms with Gasteiger partial charge in [-0.15, -0.1) is 5.10 Å². The zero-order chi connectivity index (χ0) is 21.8. The molecule has 3 aromatic heterocycles. The first-order valence-electron chi connectivity index (χ1n) is 10.1. The lowest BCUT2D eigenvalue weighted by Crippen LogP contribution is -2.57. The van der Waals surface area contributed by atoms with Gasteiger partial charge in [0.2, 0.25) is 11.6 Å². The molecule has 0 radical (unpaired) electrons. The van der Waals surface area contributed by atoms with E-state index in [4.69, 9.17) is 4.74 Å². The molecule has 1 aliphatic carbocycles. The second-order valence-corrected chi connectivity index (χ2v) is 9.03. The van der Waals surface area contributed by atoms with Crippen molar-refractivity contribution in [2.24, 2.45) is 17.8 Å². The van der Waals surface area contributed by atoms with E-state index in [-0.39, 0.29) is 11.5 Å². The van der Waals surface area contributed by atoms with Crippen molar-refractivity contribution in [1.82, 2.24) is 24.0 Å². The molecular weight excluding hydrogens is 431 g/mol. The van der Waals surface area contributed by atoms with Gasteiger partial charge in [-0.2, -0.15) is 22.5 Å². The fraction of sp³-hybridized carbons (Fsp3) is 0.579. The molecule has 31 heavy (non-hydrogen) atoms. The second-order valence-electron chi connectivity index (χ2n) is 8.25. The van der Waals surface area contributed by atoms with E-state index in [2.05, 4.69) is 35.7 Å². The van der Waals surface area contributed by atoms with Crippen LogP contribution in [0.2, 0.25) is 0 Å². The summed E-state index contributed by atoms with van der Waals surface area (Å²) in [6.45, 7) is 5.70. The maximum Gasteiger partial charge on any atom is 0.425 e. The molecular formula is C19H22F3N7OS. The summed E-state index contributed by atoms with van der Waals surface area (Å²) in [6.07, 6.45) is -2.37. The lowest BCUT2D eigenvalue weighted by atomic mass is 9.61. The highest BCUT2D eigenvalue weighted by Gasteiger charge is 2.46. The minimum Gasteiger partial charge on any atom is -0.462 e. The molecule has 1 N–H and O–H groups in total. The average Bonchev–Trinajstić information content (AvgIpc) is 3.34. The van der Waals surface area contributed by atoms with Gasteiger partial charge in [0.05, 0.1) is 5.69 Å². The number of piperidine rings is 2. The number of fused-ring (bicyclic) bond motifs is 3. The van der Waals surface area contributed by atoms with E-state index in [9.17, 15) is 13.2 Å². The van der Waals surface area contributed by atoms with E-state index in [1.54, 1.807) is 11.5 Å². The third-order valence-electron chi connectivity index (χ3n) is 6.12. The smallest absolute Gasteiger partial charge is 0.425 e. The highest BCUT2D eigenvalue weighted by molar-refractivity contribution is 7.10. The molecule has 2 unspecified atom stereocenters. The molecule has 2 saturated heterocycles. The number of hydrogen-bond acceptors (Lipinski definition) is 8. The zero-order valence-electron chi connectivity index (χ0n) is 17.0. The van der Waals surface area contributed by atoms with Crippen LogP contribution in [0.3, 0.4) is 0 Å². The van der Waals surface area contributed by atoms with Crippen LogP contribution in [0.15, 0.2) is 18.5 Å². The third kappa shape index (κ3) is 3.88. The summed E-state index contributed by atoms with van der Waals surface area (Å²) in [7, 11) is 0. The molecule has 0 spiro atoms. The normalized spacial score (nSPS) is 24.2. The topological polar surface area (TPSA) is 80.5 Å². The zero-order valence-corrected chi connectivity index (χ0v) is 17.8. The first-order chi connectivity index (χ1) is 14.8. The van der Waals surface area contributed by atoms with Crippen molar-refractivity contribution in [1.29, 1.82) is 0 Å². The van der Waals surface area contributed by atoms with Gasteiger partial charge in [0.1, 0.15) is 5.00 Å². The highest BCUT2D eigenvalue weighted by atomic mass is 32.1. The summed E-state index contributed by atoms with van der Waals surface area (Å²) in [5, 5.41) is 8.80. The molecule has 12 heteroatoms. The molecule has 5 heterocycles. The molecule has 8 nitrogen and oxygen atoms in total. The summed E-state index contributed by atoms with van der Waals surface area (Å²) in [6, 6.07) is 2.14. The maximum atomic E-state index is 12.8. The van der Waals surface area contributed by atoms with E-state index >= 15 is 0 Å². The number of aromatic nitrogens is 5. The third-order valence-corrected chi connectivity index (χ3v) is 7.06. The van der Waals surface area contributed by atoms with Crippen LogP contribution < -0.4 is 15.0 Å². The predicted octanol–water partition coefficient (Wildman–Crippen LogP) is 3.40. The van der Waals surface area contributed by atoms with Gasteiger partial charge in [0.15, 0.2) is 6.10 Å². The van der Waals surface area contributed by atoms with Crippen LogP contribution in [0.25, 0.3) is 5.65 Å². The fourth-order valence-electron chi connectivity index (χ4n) is 4.40. The summed E-state index contributed by atoms with van der Waals surface area (Å²) >= 11 is 1.55. The number of anilines is 2. The van der Waals surface area contributed by atoms with Crippen molar-refractivity contribution in [3.05, 3.63) is 24.2 Å². The molecule has 0 amide bonds. The van der Waals surface area contributed by atoms with Crippen molar-refractivity contribution in [2.75, 3.05) is 29.9 Å². The minimum atomic E-state index is -4.48. The number of nitrogens with one attached hydrogen (secondary N) is 1. The molecule has 6 rings (SSSR count). The van der Waals surface area contributed by atoms with Gasteiger partial charge in [-0.25, -0.2) is 9.50 Å². The van der Waals surface area contributed by atoms with Gasteiger partial charge in [-0.1, -0.05) is 0 Å². The highest BCUT2D eigenvalue weighted by Crippen LogP contribution is 2.47. The number of nitrogens with zero attached hydrogens (tertiary/aromatic N) is 6. The molecule has 3 aliphatic rings. The Labute approximate surface area is 180 Å². The van der Waals surface area contributed by atoms with Gasteiger partial charge in [-0.05, 0) is 55.6 Å². The quantitative estimate of drug-likeness (QED) is 0.613. The number of aryl methyl sites for hydroxylation is 1. The van der Waals surface area contributed by atoms with E-state index in [1.807, 2.05) is 6.92 Å². The first-order valence-corrected chi connectivity index (χ1v) is 10.9. The lowest BCUT2D eigenvalue weighted by molar-refractivity contribution is -0.189. The Balaban J connectivity index is 1.23. The van der Waals surface area contributed by atoms with E-state index in [1.165, 1.54) is 28.3 Å². The lowest BCUT2D eigenvalue weighted by Gasteiger charge is -2.54. The summed E-state index contributed by atoms with van der Waals surface area (Å²) < 4.78 is 49.2. The fourth-order valence-corrected chi connectivity index (χ4v) is 5.17. The van der Waals surface area contributed by atoms with Crippen LogP contribution >= 0.6 is 11.5 Å². The SMILES string of the molecule is Cc1cc(N2CC3CC(C2)C3CNc2nc3c(O[C@@H](C)C(F)(F)F)nccn3n2)sn1. The number of rotatable bonds is 6. The van der Waals surface area contributed by atoms with Crippen LogP contribution in [-0.4, -0.2) is 55.9 Å². The molecule has 1 saturated carbocycles. The summed E-state index contributed by atoms with van der Waals surface area (Å²) in [5.41, 5.74) is 1.21.